The van der Waals surface area contributed by atoms with Crippen molar-refractivity contribution in [3.8, 4) is 38.8 Å². The highest BCUT2D eigenvalue weighted by molar-refractivity contribution is 7.23. The molecule has 1 saturated heterocycles. The lowest BCUT2D eigenvalue weighted by Gasteiger charge is -2.37. The molecule has 5 aromatic rings. The van der Waals surface area contributed by atoms with Crippen LogP contribution in [-0.4, -0.2) is 42.8 Å². The summed E-state index contributed by atoms with van der Waals surface area (Å²) in [5.41, 5.74) is 0.665. The smallest absolute Gasteiger partial charge is 0.271 e. The van der Waals surface area contributed by atoms with Crippen LogP contribution in [-0.2, 0) is 5.92 Å². The Kier molecular flexibility index (Phi) is 5.83. The van der Waals surface area contributed by atoms with Crippen LogP contribution in [0.5, 0.6) is 17.2 Å². The van der Waals surface area contributed by atoms with Gasteiger partial charge in [0, 0.05) is 82.4 Å². The van der Waals surface area contributed by atoms with Crippen LogP contribution in [0.3, 0.4) is 0 Å². The van der Waals surface area contributed by atoms with Crippen molar-refractivity contribution in [3.63, 3.8) is 0 Å². The first-order valence-electron chi connectivity index (χ1n) is 12.9. The molecule has 2 aliphatic rings. The molecule has 0 bridgehead atoms. The van der Waals surface area contributed by atoms with E-state index in [1.54, 1.807) is 12.3 Å². The molecule has 40 heavy (non-hydrogen) atoms. The van der Waals surface area contributed by atoms with Gasteiger partial charge >= 0.3 is 0 Å². The van der Waals surface area contributed by atoms with Crippen molar-refractivity contribution in [3.05, 3.63) is 65.9 Å². The van der Waals surface area contributed by atoms with Crippen LogP contribution in [0.25, 0.3) is 42.6 Å². The van der Waals surface area contributed by atoms with Gasteiger partial charge in [0.1, 0.15) is 18.2 Å². The molecule has 0 unspecified atom stereocenters. The Balaban J connectivity index is 1.39. The summed E-state index contributed by atoms with van der Waals surface area (Å²) in [6, 6.07) is 10.2. The number of aromatic nitrogens is 1. The lowest BCUT2D eigenvalue weighted by molar-refractivity contribution is 0.0178. The van der Waals surface area contributed by atoms with E-state index in [0.717, 1.165) is 34.7 Å². The van der Waals surface area contributed by atoms with E-state index < -0.39 is 23.1 Å². The molecular formula is C30H23F5N2O2S. The largest absolute Gasteiger partial charge is 0.492 e. The Hall–Kier alpha value is -3.63. The number of thiophene rings is 1. The number of fused-ring (bicyclic) bond motifs is 9. The standard InChI is InChI=1S/C30H23F5N2O2S/c1-30(34,35)22-9-16(32)8-20-21-10-17(38-7-6-37-13-15(12-31)14-37)11-23(33)26(21)39-27-19-2-3-24-18(4-5-36-24)28(19)40-29(27)25(20)22/h2-5,8-11,15,36H,6-7,12-14H2,1H3. The highest BCUT2D eigenvalue weighted by Gasteiger charge is 2.37. The van der Waals surface area contributed by atoms with Crippen LogP contribution >= 0.6 is 11.3 Å². The summed E-state index contributed by atoms with van der Waals surface area (Å²) in [6.07, 6.45) is 1.78. The molecule has 0 atom stereocenters. The highest BCUT2D eigenvalue weighted by Crippen LogP contribution is 2.57. The Morgan fingerprint density at radius 1 is 1.05 bits per heavy atom. The number of nitrogens with zero attached hydrogens (tertiary/aromatic N) is 1. The van der Waals surface area contributed by atoms with Crippen LogP contribution in [0.15, 0.2) is 48.7 Å². The van der Waals surface area contributed by atoms with Gasteiger partial charge in [0.15, 0.2) is 17.3 Å². The first kappa shape index (κ1) is 25.3. The van der Waals surface area contributed by atoms with Crippen LogP contribution in [0, 0.1) is 17.6 Å². The van der Waals surface area contributed by atoms with Crippen LogP contribution in [0.1, 0.15) is 12.5 Å². The van der Waals surface area contributed by atoms with E-state index in [9.17, 15) is 8.78 Å². The maximum atomic E-state index is 15.7. The van der Waals surface area contributed by atoms with Gasteiger partial charge < -0.3 is 14.5 Å². The van der Waals surface area contributed by atoms with Gasteiger partial charge in [-0.1, -0.05) is 0 Å². The molecule has 4 nitrogen and oxygen atoms in total. The van der Waals surface area contributed by atoms with Crippen LogP contribution in [0.2, 0.25) is 0 Å². The second-order valence-electron chi connectivity index (χ2n) is 10.4. The number of hydrogen-bond donors (Lipinski definition) is 1. The zero-order valence-electron chi connectivity index (χ0n) is 21.3. The summed E-state index contributed by atoms with van der Waals surface area (Å²) < 4.78 is 86.2. The summed E-state index contributed by atoms with van der Waals surface area (Å²) >= 11 is 1.25. The average molecular weight is 571 g/mol. The third kappa shape index (κ3) is 4.04. The van der Waals surface area contributed by atoms with Crippen molar-refractivity contribution in [2.45, 2.75) is 12.8 Å². The minimum Gasteiger partial charge on any atom is -0.492 e. The van der Waals surface area contributed by atoms with Gasteiger partial charge in [-0.05, 0) is 42.0 Å². The number of H-pyrrole nitrogens is 1. The monoisotopic (exact) mass is 570 g/mol. The van der Waals surface area contributed by atoms with Gasteiger partial charge in [-0.3, -0.25) is 9.29 Å². The molecule has 0 aliphatic carbocycles. The second-order valence-corrected chi connectivity index (χ2v) is 11.4. The molecule has 4 heterocycles. The van der Waals surface area contributed by atoms with Gasteiger partial charge in [0.2, 0.25) is 0 Å². The molecule has 2 aliphatic heterocycles. The van der Waals surface area contributed by atoms with E-state index in [2.05, 4.69) is 4.98 Å². The normalized spacial score (nSPS) is 15.3. The molecule has 0 spiro atoms. The molecule has 7 rings (SSSR count). The van der Waals surface area contributed by atoms with Gasteiger partial charge in [-0.15, -0.1) is 11.3 Å². The maximum absolute atomic E-state index is 15.7. The molecule has 0 saturated carbocycles. The maximum Gasteiger partial charge on any atom is 0.271 e. The van der Waals surface area contributed by atoms with Gasteiger partial charge in [0.25, 0.3) is 5.92 Å². The molecule has 3 aromatic carbocycles. The summed E-state index contributed by atoms with van der Waals surface area (Å²) in [4.78, 5) is 5.53. The third-order valence-electron chi connectivity index (χ3n) is 7.58. The first-order chi connectivity index (χ1) is 19.2. The van der Waals surface area contributed by atoms with Crippen molar-refractivity contribution in [2.24, 2.45) is 5.92 Å². The highest BCUT2D eigenvalue weighted by atomic mass is 32.1. The summed E-state index contributed by atoms with van der Waals surface area (Å²) in [5.74, 6) is -4.78. The number of alkyl halides is 3. The zero-order chi connectivity index (χ0) is 27.8. The number of nitrogens with one attached hydrogen (secondary N) is 1. The second kappa shape index (κ2) is 9.21. The Labute approximate surface area is 229 Å². The average Bonchev–Trinajstić information content (AvgIpc) is 3.47. The number of rotatable bonds is 6. The van der Waals surface area contributed by atoms with E-state index in [1.807, 2.05) is 17.0 Å². The minimum atomic E-state index is -3.39. The fourth-order valence-electron chi connectivity index (χ4n) is 5.65. The number of hydrogen-bond acceptors (Lipinski definition) is 4. The Morgan fingerprint density at radius 2 is 1.88 bits per heavy atom. The molecule has 10 heteroatoms. The van der Waals surface area contributed by atoms with Crippen LogP contribution < -0.4 is 9.47 Å². The predicted molar refractivity (Wildman–Crippen MR) is 146 cm³/mol. The van der Waals surface area contributed by atoms with Crippen molar-refractivity contribution in [1.82, 2.24) is 9.88 Å². The molecular weight excluding hydrogens is 547 g/mol. The number of aromatic amines is 1. The van der Waals surface area contributed by atoms with E-state index in [-0.39, 0.29) is 53.1 Å². The van der Waals surface area contributed by atoms with Gasteiger partial charge in [-0.25, -0.2) is 17.6 Å². The number of ether oxygens (including phenoxy) is 2. The van der Waals surface area contributed by atoms with E-state index >= 15 is 13.2 Å². The topological polar surface area (TPSA) is 37.5 Å². The summed E-state index contributed by atoms with van der Waals surface area (Å²) in [5, 5.41) is 1.51. The lowest BCUT2D eigenvalue weighted by Crippen LogP contribution is -2.49. The van der Waals surface area contributed by atoms with Gasteiger partial charge in [0.05, 0.1) is 11.6 Å². The number of likely N-dealkylation sites (tertiary alicyclic amines) is 1. The molecule has 0 amide bonds. The van der Waals surface area contributed by atoms with Crippen molar-refractivity contribution in [2.75, 3.05) is 32.9 Å². The quantitative estimate of drug-likeness (QED) is 0.204. The van der Waals surface area contributed by atoms with E-state index in [1.165, 1.54) is 23.5 Å². The summed E-state index contributed by atoms with van der Waals surface area (Å²) in [6.45, 7) is 2.38. The SMILES string of the molecule is CC(F)(F)c1cc(F)cc2c1-c1sc3c(ccc4[nH]ccc43)c1Oc1c(F)cc(OCCN3CC(CF)C3)cc1-2. The van der Waals surface area contributed by atoms with E-state index in [4.69, 9.17) is 9.47 Å². The minimum absolute atomic E-state index is 0.0326. The fourth-order valence-corrected chi connectivity index (χ4v) is 6.98. The number of benzene rings is 3. The molecule has 206 valence electrons. The first-order valence-corrected chi connectivity index (χ1v) is 13.7. The summed E-state index contributed by atoms with van der Waals surface area (Å²) in [7, 11) is 0. The van der Waals surface area contributed by atoms with Crippen molar-refractivity contribution < 1.29 is 31.4 Å². The predicted octanol–water partition coefficient (Wildman–Crippen LogP) is 8.49. The molecule has 2 aromatic heterocycles. The van der Waals surface area contributed by atoms with Crippen LogP contribution in [0.4, 0.5) is 22.0 Å². The molecule has 1 fully saturated rings. The molecule has 0 radical (unpaired) electrons. The van der Waals surface area contributed by atoms with Crippen molar-refractivity contribution in [1.29, 1.82) is 0 Å². The Bertz CT molecular complexity index is 1790. The fraction of sp³-hybridized carbons (Fsp3) is 0.267. The Morgan fingerprint density at radius 3 is 2.65 bits per heavy atom. The van der Waals surface area contributed by atoms with E-state index in [0.29, 0.717) is 29.9 Å². The zero-order valence-corrected chi connectivity index (χ0v) is 22.1. The number of halogens is 5. The lowest BCUT2D eigenvalue weighted by atomic mass is 9.91. The molecule has 1 N–H and O–H groups in total. The van der Waals surface area contributed by atoms with Gasteiger partial charge in [-0.2, -0.15) is 0 Å². The third-order valence-corrected chi connectivity index (χ3v) is 8.82. The van der Waals surface area contributed by atoms with Crippen molar-refractivity contribution >= 4 is 32.3 Å².